The van der Waals surface area contributed by atoms with Crippen LogP contribution >= 0.6 is 0 Å². The van der Waals surface area contributed by atoms with Gasteiger partial charge in [0.2, 0.25) is 5.91 Å². The van der Waals surface area contributed by atoms with E-state index in [-0.39, 0.29) is 23.3 Å². The van der Waals surface area contributed by atoms with Crippen LogP contribution in [0.4, 0.5) is 17.6 Å². The Morgan fingerprint density at radius 2 is 2.00 bits per heavy atom. The fourth-order valence-corrected chi connectivity index (χ4v) is 2.19. The van der Waals surface area contributed by atoms with Gasteiger partial charge < -0.3 is 5.32 Å². The second-order valence-electron chi connectivity index (χ2n) is 4.63. The summed E-state index contributed by atoms with van der Waals surface area (Å²) in [5.41, 5.74) is -1.25. The molecule has 1 amide bonds. The number of nitrogens with zero attached hydrogens (tertiary/aromatic N) is 3. The summed E-state index contributed by atoms with van der Waals surface area (Å²) >= 11 is 0. The summed E-state index contributed by atoms with van der Waals surface area (Å²) < 4.78 is 53.0. The molecule has 2 rings (SSSR count). The minimum atomic E-state index is -2.99. The zero-order valence-corrected chi connectivity index (χ0v) is 11.9. The Hall–Kier alpha value is -2.19. The van der Waals surface area contributed by atoms with E-state index in [1.54, 1.807) is 6.92 Å². The molecule has 0 aliphatic heterocycles. The Morgan fingerprint density at radius 1 is 1.32 bits per heavy atom. The van der Waals surface area contributed by atoms with Crippen LogP contribution in [0.15, 0.2) is 6.07 Å². The normalized spacial score (nSPS) is 11.6. The van der Waals surface area contributed by atoms with Gasteiger partial charge in [-0.15, -0.1) is 0 Å². The Labute approximate surface area is 123 Å². The third-order valence-electron chi connectivity index (χ3n) is 3.05. The van der Waals surface area contributed by atoms with E-state index in [9.17, 15) is 22.4 Å². The molecule has 1 N–H and O–H groups in total. The molecule has 0 bridgehead atoms. The first-order valence-electron chi connectivity index (χ1n) is 6.56. The van der Waals surface area contributed by atoms with Gasteiger partial charge in [0.15, 0.2) is 5.65 Å². The van der Waals surface area contributed by atoms with E-state index in [0.717, 1.165) is 4.68 Å². The topological polar surface area (TPSA) is 59.8 Å². The fourth-order valence-electron chi connectivity index (χ4n) is 2.19. The lowest BCUT2D eigenvalue weighted by Gasteiger charge is -2.08. The van der Waals surface area contributed by atoms with Crippen molar-refractivity contribution in [3.63, 3.8) is 0 Å². The third-order valence-corrected chi connectivity index (χ3v) is 3.05. The summed E-state index contributed by atoms with van der Waals surface area (Å²) in [7, 11) is 0. The van der Waals surface area contributed by atoms with Crippen molar-refractivity contribution >= 4 is 16.9 Å². The number of hydrogen-bond donors (Lipinski definition) is 1. The van der Waals surface area contributed by atoms with Gasteiger partial charge >= 0.3 is 0 Å². The number of carbonyl (C=O) groups excluding carboxylic acids is 1. The molecule has 0 spiro atoms. The predicted molar refractivity (Wildman–Crippen MR) is 70.9 cm³/mol. The quantitative estimate of drug-likeness (QED) is 0.862. The molecule has 2 heterocycles. The first-order chi connectivity index (χ1) is 10.3. The minimum absolute atomic E-state index is 0.00342. The van der Waals surface area contributed by atoms with Crippen molar-refractivity contribution < 1.29 is 22.4 Å². The van der Waals surface area contributed by atoms with Crippen molar-refractivity contribution in [2.75, 3.05) is 6.54 Å². The standard InChI is InChI=1S/C13H14F4N4O/c1-3-18-9(22)5-21-13-10(6(2)20-21)7(11(14)15)4-8(19-13)12(16)17/h4,11-12H,3,5H2,1-2H3,(H,18,22). The molecular formula is C13H14F4N4O. The van der Waals surface area contributed by atoms with E-state index in [2.05, 4.69) is 15.4 Å². The van der Waals surface area contributed by atoms with E-state index in [0.29, 0.717) is 12.6 Å². The number of amides is 1. The Balaban J connectivity index is 2.62. The maximum Gasteiger partial charge on any atom is 0.280 e. The number of aryl methyl sites for hydroxylation is 1. The van der Waals surface area contributed by atoms with Gasteiger partial charge in [-0.25, -0.2) is 27.2 Å². The smallest absolute Gasteiger partial charge is 0.280 e. The number of rotatable bonds is 5. The average Bonchev–Trinajstić information content (AvgIpc) is 2.74. The fraction of sp³-hybridized carbons (Fsp3) is 0.462. The lowest BCUT2D eigenvalue weighted by Crippen LogP contribution is -2.27. The number of pyridine rings is 1. The molecule has 2 aromatic rings. The molecule has 0 aliphatic carbocycles. The van der Waals surface area contributed by atoms with Gasteiger partial charge in [-0.3, -0.25) is 4.79 Å². The molecule has 0 unspecified atom stereocenters. The highest BCUT2D eigenvalue weighted by molar-refractivity contribution is 5.84. The maximum atomic E-state index is 13.1. The number of carbonyl (C=O) groups is 1. The van der Waals surface area contributed by atoms with Gasteiger partial charge in [-0.2, -0.15) is 5.10 Å². The van der Waals surface area contributed by atoms with Crippen LogP contribution in [0.2, 0.25) is 0 Å². The number of fused-ring (bicyclic) bond motifs is 1. The summed E-state index contributed by atoms with van der Waals surface area (Å²) in [6.07, 6.45) is -5.93. The number of nitrogens with one attached hydrogen (secondary N) is 1. The molecule has 0 atom stereocenters. The average molecular weight is 318 g/mol. The van der Waals surface area contributed by atoms with Gasteiger partial charge in [0.1, 0.15) is 12.2 Å². The summed E-state index contributed by atoms with van der Waals surface area (Å²) in [4.78, 5) is 15.3. The molecule has 0 aromatic carbocycles. The van der Waals surface area contributed by atoms with E-state index in [1.807, 2.05) is 0 Å². The highest BCUT2D eigenvalue weighted by Gasteiger charge is 2.23. The molecule has 0 radical (unpaired) electrons. The summed E-state index contributed by atoms with van der Waals surface area (Å²) in [5, 5.41) is 6.49. The zero-order chi connectivity index (χ0) is 16.4. The van der Waals surface area contributed by atoms with Gasteiger partial charge in [0, 0.05) is 12.1 Å². The van der Waals surface area contributed by atoms with Gasteiger partial charge in [-0.1, -0.05) is 0 Å². The zero-order valence-electron chi connectivity index (χ0n) is 11.9. The van der Waals surface area contributed by atoms with Crippen LogP contribution in [-0.4, -0.2) is 27.2 Å². The van der Waals surface area contributed by atoms with Crippen LogP contribution in [0.25, 0.3) is 11.0 Å². The Morgan fingerprint density at radius 3 is 2.55 bits per heavy atom. The second-order valence-corrected chi connectivity index (χ2v) is 4.63. The van der Waals surface area contributed by atoms with Gasteiger partial charge in [-0.05, 0) is 19.9 Å². The molecule has 120 valence electrons. The monoisotopic (exact) mass is 318 g/mol. The van der Waals surface area contributed by atoms with Crippen LogP contribution in [0, 0.1) is 6.92 Å². The second kappa shape index (κ2) is 6.29. The van der Waals surface area contributed by atoms with Crippen LogP contribution < -0.4 is 5.32 Å². The molecule has 22 heavy (non-hydrogen) atoms. The SMILES string of the molecule is CCNC(=O)Cn1nc(C)c2c(C(F)F)cc(C(F)F)nc21. The lowest BCUT2D eigenvalue weighted by molar-refractivity contribution is -0.121. The van der Waals surface area contributed by atoms with Crippen molar-refractivity contribution in [2.24, 2.45) is 0 Å². The minimum Gasteiger partial charge on any atom is -0.355 e. The van der Waals surface area contributed by atoms with Crippen molar-refractivity contribution in [3.8, 4) is 0 Å². The van der Waals surface area contributed by atoms with Crippen LogP contribution in [0.5, 0.6) is 0 Å². The largest absolute Gasteiger partial charge is 0.355 e. The summed E-state index contributed by atoms with van der Waals surface area (Å²) in [5.74, 6) is -0.408. The molecule has 0 saturated carbocycles. The van der Waals surface area contributed by atoms with E-state index >= 15 is 0 Å². The van der Waals surface area contributed by atoms with Crippen LogP contribution in [0.1, 0.15) is 36.7 Å². The number of hydrogen-bond acceptors (Lipinski definition) is 3. The van der Waals surface area contributed by atoms with Crippen molar-refractivity contribution in [2.45, 2.75) is 33.2 Å². The molecule has 0 aliphatic rings. The predicted octanol–water partition coefficient (Wildman–Crippen LogP) is 2.75. The highest BCUT2D eigenvalue weighted by atomic mass is 19.3. The van der Waals surface area contributed by atoms with Gasteiger partial charge in [0.25, 0.3) is 12.9 Å². The molecule has 9 heteroatoms. The number of alkyl halides is 4. The highest BCUT2D eigenvalue weighted by Crippen LogP contribution is 2.32. The first kappa shape index (κ1) is 16.2. The van der Waals surface area contributed by atoms with E-state index < -0.39 is 30.0 Å². The molecule has 0 saturated heterocycles. The summed E-state index contributed by atoms with van der Waals surface area (Å²) in [6, 6.07) is 0.683. The Bertz CT molecular complexity index is 699. The molecule has 5 nitrogen and oxygen atoms in total. The van der Waals surface area contributed by atoms with Crippen molar-refractivity contribution in [3.05, 3.63) is 23.0 Å². The van der Waals surface area contributed by atoms with Crippen LogP contribution in [0.3, 0.4) is 0 Å². The van der Waals surface area contributed by atoms with Crippen LogP contribution in [-0.2, 0) is 11.3 Å². The first-order valence-corrected chi connectivity index (χ1v) is 6.56. The van der Waals surface area contributed by atoms with E-state index in [4.69, 9.17) is 0 Å². The maximum absolute atomic E-state index is 13.1. The third kappa shape index (κ3) is 3.02. The lowest BCUT2D eigenvalue weighted by atomic mass is 10.1. The van der Waals surface area contributed by atoms with Crippen molar-refractivity contribution in [1.82, 2.24) is 20.1 Å². The van der Waals surface area contributed by atoms with Crippen molar-refractivity contribution in [1.29, 1.82) is 0 Å². The van der Waals surface area contributed by atoms with E-state index in [1.165, 1.54) is 6.92 Å². The molecule has 2 aromatic heterocycles. The molecular weight excluding hydrogens is 304 g/mol. The number of likely N-dealkylation sites (N-methyl/N-ethyl adjacent to an activating group) is 1. The number of halogens is 4. The Kier molecular flexibility index (Phi) is 4.62. The van der Waals surface area contributed by atoms with Gasteiger partial charge in [0.05, 0.1) is 11.1 Å². The number of aromatic nitrogens is 3. The molecule has 0 fully saturated rings. The summed E-state index contributed by atoms with van der Waals surface area (Å²) in [6.45, 7) is 3.29.